The molecule has 138 valence electrons. The molecule has 6 heteroatoms. The molecule has 1 saturated heterocycles. The molecular weight excluding hydrogens is 332 g/mol. The molecule has 1 aliphatic rings. The first-order valence-corrected chi connectivity index (χ1v) is 9.20. The molecule has 3 rings (SSSR count). The van der Waals surface area contributed by atoms with Crippen molar-refractivity contribution in [2.75, 3.05) is 19.6 Å². The van der Waals surface area contributed by atoms with Gasteiger partial charge in [0.15, 0.2) is 0 Å². The molecule has 2 heterocycles. The zero-order valence-electron chi connectivity index (χ0n) is 15.0. The van der Waals surface area contributed by atoms with Gasteiger partial charge in [0.25, 0.3) is 5.91 Å². The van der Waals surface area contributed by atoms with Crippen LogP contribution in [0.25, 0.3) is 11.0 Å². The van der Waals surface area contributed by atoms with Gasteiger partial charge >= 0.3 is 5.63 Å². The van der Waals surface area contributed by atoms with Crippen LogP contribution in [0.2, 0.25) is 0 Å². The maximum Gasteiger partial charge on any atom is 0.349 e. The third-order valence-electron chi connectivity index (χ3n) is 4.78. The van der Waals surface area contributed by atoms with Gasteiger partial charge in [0.1, 0.15) is 11.1 Å². The fourth-order valence-corrected chi connectivity index (χ4v) is 3.29. The van der Waals surface area contributed by atoms with Crippen molar-refractivity contribution < 1.29 is 14.0 Å². The van der Waals surface area contributed by atoms with Crippen LogP contribution in [0.1, 0.15) is 43.0 Å². The van der Waals surface area contributed by atoms with Crippen LogP contribution in [-0.4, -0.2) is 36.3 Å². The van der Waals surface area contributed by atoms with Crippen molar-refractivity contribution >= 4 is 22.8 Å². The summed E-state index contributed by atoms with van der Waals surface area (Å²) in [5, 5.41) is 3.64. The molecule has 0 spiro atoms. The number of piperidine rings is 1. The minimum atomic E-state index is -0.636. The van der Waals surface area contributed by atoms with Crippen LogP contribution in [-0.2, 0) is 4.79 Å². The number of nitrogens with zero attached hydrogens (tertiary/aromatic N) is 1. The highest BCUT2D eigenvalue weighted by atomic mass is 16.4. The van der Waals surface area contributed by atoms with Crippen LogP contribution in [0.3, 0.4) is 0 Å². The Morgan fingerprint density at radius 3 is 2.92 bits per heavy atom. The third-order valence-corrected chi connectivity index (χ3v) is 4.78. The number of fused-ring (bicyclic) bond motifs is 1. The van der Waals surface area contributed by atoms with Gasteiger partial charge in [0, 0.05) is 25.0 Å². The highest BCUT2D eigenvalue weighted by molar-refractivity contribution is 5.97. The summed E-state index contributed by atoms with van der Waals surface area (Å²) in [7, 11) is 0. The van der Waals surface area contributed by atoms with Crippen molar-refractivity contribution in [2.45, 2.75) is 32.6 Å². The molecular formula is C20H24N2O4. The van der Waals surface area contributed by atoms with Gasteiger partial charge in [0.05, 0.1) is 5.92 Å². The molecule has 1 atom stereocenters. The Morgan fingerprint density at radius 1 is 1.31 bits per heavy atom. The summed E-state index contributed by atoms with van der Waals surface area (Å²) in [5.74, 6) is -0.603. The molecule has 6 nitrogen and oxygen atoms in total. The van der Waals surface area contributed by atoms with E-state index in [0.29, 0.717) is 30.6 Å². The molecule has 1 aromatic carbocycles. The van der Waals surface area contributed by atoms with E-state index in [0.717, 1.165) is 25.7 Å². The maximum atomic E-state index is 12.8. The Balaban J connectivity index is 1.74. The van der Waals surface area contributed by atoms with E-state index in [-0.39, 0.29) is 23.3 Å². The van der Waals surface area contributed by atoms with Gasteiger partial charge < -0.3 is 14.6 Å². The normalized spacial score (nSPS) is 17.3. The average Bonchev–Trinajstić information content (AvgIpc) is 2.67. The predicted octanol–water partition coefficient (Wildman–Crippen LogP) is 2.56. The Hall–Kier alpha value is -2.63. The number of amides is 2. The zero-order valence-corrected chi connectivity index (χ0v) is 15.0. The van der Waals surface area contributed by atoms with Gasteiger partial charge in [-0.1, -0.05) is 31.5 Å². The van der Waals surface area contributed by atoms with Gasteiger partial charge in [-0.15, -0.1) is 0 Å². The minimum absolute atomic E-state index is 0.0125. The lowest BCUT2D eigenvalue weighted by Gasteiger charge is -2.31. The van der Waals surface area contributed by atoms with E-state index in [9.17, 15) is 14.4 Å². The van der Waals surface area contributed by atoms with Crippen molar-refractivity contribution in [3.63, 3.8) is 0 Å². The van der Waals surface area contributed by atoms with Gasteiger partial charge in [0.2, 0.25) is 5.91 Å². The summed E-state index contributed by atoms with van der Waals surface area (Å²) in [6.07, 6.45) is 3.47. The van der Waals surface area contributed by atoms with E-state index in [1.807, 2.05) is 6.07 Å². The Bertz CT molecular complexity index is 858. The van der Waals surface area contributed by atoms with E-state index < -0.39 is 5.63 Å². The van der Waals surface area contributed by atoms with Crippen LogP contribution in [0.5, 0.6) is 0 Å². The number of para-hydroxylation sites is 1. The first-order valence-electron chi connectivity index (χ1n) is 9.20. The molecule has 1 aromatic heterocycles. The lowest BCUT2D eigenvalue weighted by Crippen LogP contribution is -2.46. The molecule has 1 fully saturated rings. The molecule has 0 aliphatic carbocycles. The number of rotatable bonds is 5. The molecule has 0 radical (unpaired) electrons. The number of benzene rings is 1. The minimum Gasteiger partial charge on any atom is -0.422 e. The summed E-state index contributed by atoms with van der Waals surface area (Å²) in [4.78, 5) is 38.9. The van der Waals surface area contributed by atoms with Crippen LogP contribution in [0.4, 0.5) is 0 Å². The van der Waals surface area contributed by atoms with Crippen LogP contribution >= 0.6 is 0 Å². The number of nitrogens with one attached hydrogen (secondary N) is 1. The van der Waals surface area contributed by atoms with Crippen molar-refractivity contribution in [1.29, 1.82) is 0 Å². The first kappa shape index (κ1) is 18.2. The zero-order chi connectivity index (χ0) is 18.5. The first-order chi connectivity index (χ1) is 12.6. The Morgan fingerprint density at radius 2 is 2.12 bits per heavy atom. The fourth-order valence-electron chi connectivity index (χ4n) is 3.29. The number of unbranched alkanes of at least 4 members (excludes halogenated alkanes) is 1. The second-order valence-corrected chi connectivity index (χ2v) is 6.72. The van der Waals surface area contributed by atoms with Crippen molar-refractivity contribution in [3.8, 4) is 0 Å². The number of carbonyl (C=O) groups is 2. The van der Waals surface area contributed by atoms with E-state index in [1.165, 1.54) is 0 Å². The lowest BCUT2D eigenvalue weighted by molar-refractivity contribution is -0.126. The highest BCUT2D eigenvalue weighted by Gasteiger charge is 2.30. The number of carbonyl (C=O) groups excluding carboxylic acids is 2. The number of hydrogen-bond acceptors (Lipinski definition) is 4. The summed E-state index contributed by atoms with van der Waals surface area (Å²) in [5.41, 5.74) is -0.153. The molecule has 0 saturated carbocycles. The SMILES string of the molecule is CCCCNC(=O)[C@@H]1CCCN(C(=O)c2cc3ccccc3oc2=O)C1. The van der Waals surface area contributed by atoms with Gasteiger partial charge in [-0.05, 0) is 31.4 Å². The quantitative estimate of drug-likeness (QED) is 0.660. The van der Waals surface area contributed by atoms with Crippen LogP contribution in [0.15, 0.2) is 39.5 Å². The molecule has 2 aromatic rings. The van der Waals surface area contributed by atoms with Gasteiger partial charge in [-0.25, -0.2) is 4.79 Å². The highest BCUT2D eigenvalue weighted by Crippen LogP contribution is 2.20. The summed E-state index contributed by atoms with van der Waals surface area (Å²) < 4.78 is 5.26. The summed E-state index contributed by atoms with van der Waals surface area (Å²) in [6.45, 7) is 3.61. The van der Waals surface area contributed by atoms with Crippen molar-refractivity contribution in [2.24, 2.45) is 5.92 Å². The smallest absolute Gasteiger partial charge is 0.349 e. The average molecular weight is 356 g/mol. The van der Waals surface area contributed by atoms with Gasteiger partial charge in [-0.2, -0.15) is 0 Å². The van der Waals surface area contributed by atoms with Crippen LogP contribution < -0.4 is 10.9 Å². The summed E-state index contributed by atoms with van der Waals surface area (Å²) >= 11 is 0. The van der Waals surface area contributed by atoms with E-state index in [1.54, 1.807) is 29.2 Å². The predicted molar refractivity (Wildman–Crippen MR) is 99.0 cm³/mol. The molecule has 0 unspecified atom stereocenters. The lowest BCUT2D eigenvalue weighted by atomic mass is 9.96. The standard InChI is InChI=1S/C20H24N2O4/c1-2-3-10-21-18(23)15-8-6-11-22(13-15)19(24)16-12-14-7-4-5-9-17(14)26-20(16)25/h4-5,7,9,12,15H,2-3,6,8,10-11,13H2,1H3,(H,21,23)/t15-/m1/s1. The second-order valence-electron chi connectivity index (χ2n) is 6.72. The van der Waals surface area contributed by atoms with E-state index in [4.69, 9.17) is 4.42 Å². The van der Waals surface area contributed by atoms with E-state index >= 15 is 0 Å². The Kier molecular flexibility index (Phi) is 5.71. The molecule has 0 bridgehead atoms. The molecule has 1 aliphatic heterocycles. The number of hydrogen-bond donors (Lipinski definition) is 1. The Labute approximate surface area is 152 Å². The maximum absolute atomic E-state index is 12.8. The third kappa shape index (κ3) is 3.95. The van der Waals surface area contributed by atoms with Crippen molar-refractivity contribution in [1.82, 2.24) is 10.2 Å². The molecule has 26 heavy (non-hydrogen) atoms. The summed E-state index contributed by atoms with van der Waals surface area (Å²) in [6, 6.07) is 8.68. The molecule has 2 amide bonds. The van der Waals surface area contributed by atoms with Crippen molar-refractivity contribution in [3.05, 3.63) is 46.3 Å². The van der Waals surface area contributed by atoms with E-state index in [2.05, 4.69) is 12.2 Å². The van der Waals surface area contributed by atoms with Crippen LogP contribution in [0, 0.1) is 5.92 Å². The monoisotopic (exact) mass is 356 g/mol. The largest absolute Gasteiger partial charge is 0.422 e. The topological polar surface area (TPSA) is 79.6 Å². The fraction of sp³-hybridized carbons (Fsp3) is 0.450. The second kappa shape index (κ2) is 8.17. The number of likely N-dealkylation sites (tertiary alicyclic amines) is 1. The molecule has 1 N–H and O–H groups in total. The van der Waals surface area contributed by atoms with Gasteiger partial charge in [-0.3, -0.25) is 9.59 Å².